The fourth-order valence-corrected chi connectivity index (χ4v) is 1.17. The summed E-state index contributed by atoms with van der Waals surface area (Å²) in [5.74, 6) is 0.273. The van der Waals surface area contributed by atoms with Crippen molar-refractivity contribution in [2.75, 3.05) is 31.3 Å². The minimum Gasteiger partial charge on any atom is -0.479 e. The summed E-state index contributed by atoms with van der Waals surface area (Å²) < 4.78 is 41.2. The molecule has 0 aliphatic rings. The van der Waals surface area contributed by atoms with Crippen molar-refractivity contribution in [2.24, 2.45) is 0 Å². The molecule has 0 bridgehead atoms. The van der Waals surface area contributed by atoms with Gasteiger partial charge in [0.25, 0.3) is 0 Å². The molecule has 4 nitrogen and oxygen atoms in total. The predicted octanol–water partition coefficient (Wildman–Crippen LogP) is 1.67. The van der Waals surface area contributed by atoms with Gasteiger partial charge in [0.05, 0.1) is 12.8 Å². The van der Waals surface area contributed by atoms with Crippen LogP contribution in [0.25, 0.3) is 0 Å². The summed E-state index contributed by atoms with van der Waals surface area (Å²) >= 11 is 0. The molecule has 0 aliphatic heterocycles. The molecular weight excluding hydrogens is 223 g/mol. The Balaban J connectivity index is 2.88. The summed E-state index contributed by atoms with van der Waals surface area (Å²) in [5, 5.41) is 0. The Morgan fingerprint density at radius 2 is 2.06 bits per heavy atom. The molecule has 0 spiro atoms. The Labute approximate surface area is 90.8 Å². The van der Waals surface area contributed by atoms with E-state index in [1.165, 1.54) is 26.3 Å². The molecule has 0 saturated carbocycles. The maximum Gasteiger partial charge on any atom is 0.405 e. The Kier molecular flexibility index (Phi) is 3.46. The van der Waals surface area contributed by atoms with E-state index in [-0.39, 0.29) is 17.4 Å². The summed E-state index contributed by atoms with van der Waals surface area (Å²) in [7, 11) is 2.65. The fraction of sp³-hybridized carbons (Fsp3) is 0.444. The number of aromatic nitrogens is 1. The van der Waals surface area contributed by atoms with Gasteiger partial charge in [0.15, 0.2) is 0 Å². The number of hydrogen-bond donors (Lipinski definition) is 1. The van der Waals surface area contributed by atoms with Crippen molar-refractivity contribution in [3.63, 3.8) is 0 Å². The predicted molar refractivity (Wildman–Crippen MR) is 54.5 cm³/mol. The zero-order valence-corrected chi connectivity index (χ0v) is 8.88. The number of methoxy groups -OCH3 is 1. The lowest BCUT2D eigenvalue weighted by Gasteiger charge is -2.20. The van der Waals surface area contributed by atoms with Crippen LogP contribution in [0.15, 0.2) is 12.1 Å². The van der Waals surface area contributed by atoms with Crippen molar-refractivity contribution >= 4 is 11.5 Å². The summed E-state index contributed by atoms with van der Waals surface area (Å²) in [6.07, 6.45) is -4.27. The van der Waals surface area contributed by atoms with E-state index >= 15 is 0 Å². The minimum absolute atomic E-state index is 0.117. The smallest absolute Gasteiger partial charge is 0.405 e. The van der Waals surface area contributed by atoms with Crippen molar-refractivity contribution in [3.05, 3.63) is 12.1 Å². The molecule has 90 valence electrons. The first-order valence-corrected chi connectivity index (χ1v) is 4.42. The lowest BCUT2D eigenvalue weighted by atomic mass is 10.3. The molecule has 0 radical (unpaired) electrons. The average Bonchev–Trinajstić information content (AvgIpc) is 2.15. The van der Waals surface area contributed by atoms with Crippen LogP contribution >= 0.6 is 0 Å². The third kappa shape index (κ3) is 3.18. The highest BCUT2D eigenvalue weighted by Crippen LogP contribution is 2.24. The Morgan fingerprint density at radius 1 is 1.44 bits per heavy atom. The van der Waals surface area contributed by atoms with Crippen LogP contribution in [0.3, 0.4) is 0 Å². The van der Waals surface area contributed by atoms with Crippen LogP contribution in [0.4, 0.5) is 24.7 Å². The van der Waals surface area contributed by atoms with Gasteiger partial charge < -0.3 is 15.4 Å². The highest BCUT2D eigenvalue weighted by atomic mass is 19.4. The lowest BCUT2D eigenvalue weighted by molar-refractivity contribution is -0.119. The average molecular weight is 235 g/mol. The number of anilines is 2. The van der Waals surface area contributed by atoms with Crippen molar-refractivity contribution in [3.8, 4) is 5.88 Å². The van der Waals surface area contributed by atoms with Gasteiger partial charge in [-0.1, -0.05) is 0 Å². The molecule has 1 aromatic heterocycles. The van der Waals surface area contributed by atoms with E-state index < -0.39 is 12.7 Å². The molecule has 0 atom stereocenters. The highest BCUT2D eigenvalue weighted by Gasteiger charge is 2.29. The van der Waals surface area contributed by atoms with Crippen LogP contribution in [0, 0.1) is 0 Å². The zero-order chi connectivity index (χ0) is 12.3. The second kappa shape index (κ2) is 4.46. The molecular formula is C9H12F3N3O. The number of nitrogens with two attached hydrogens (primary N) is 1. The number of rotatable bonds is 3. The third-order valence-electron chi connectivity index (χ3n) is 1.88. The van der Waals surface area contributed by atoms with Crippen LogP contribution in [0.2, 0.25) is 0 Å². The topological polar surface area (TPSA) is 51.4 Å². The van der Waals surface area contributed by atoms with Crippen LogP contribution in [0.1, 0.15) is 0 Å². The van der Waals surface area contributed by atoms with Gasteiger partial charge in [-0.2, -0.15) is 18.2 Å². The molecule has 1 rings (SSSR count). The summed E-state index contributed by atoms with van der Waals surface area (Å²) in [6.45, 7) is -1.08. The molecule has 0 amide bonds. The maximum atomic E-state index is 12.1. The van der Waals surface area contributed by atoms with E-state index in [4.69, 9.17) is 10.5 Å². The molecule has 1 heterocycles. The SMILES string of the molecule is COc1nc(N(C)CC(F)(F)F)ccc1N. The summed E-state index contributed by atoms with van der Waals surface area (Å²) in [6, 6.07) is 2.86. The molecule has 2 N–H and O–H groups in total. The lowest BCUT2D eigenvalue weighted by Crippen LogP contribution is -2.31. The second-order valence-electron chi connectivity index (χ2n) is 3.24. The molecule has 0 aliphatic carbocycles. The largest absolute Gasteiger partial charge is 0.479 e. The molecule has 7 heteroatoms. The van der Waals surface area contributed by atoms with Gasteiger partial charge in [0.1, 0.15) is 12.4 Å². The van der Waals surface area contributed by atoms with Crippen LogP contribution in [-0.2, 0) is 0 Å². The van der Waals surface area contributed by atoms with E-state index in [9.17, 15) is 13.2 Å². The number of nitrogens with zero attached hydrogens (tertiary/aromatic N) is 2. The monoisotopic (exact) mass is 235 g/mol. The van der Waals surface area contributed by atoms with Crippen molar-refractivity contribution in [1.82, 2.24) is 4.98 Å². The Hall–Kier alpha value is -1.66. The van der Waals surface area contributed by atoms with E-state index in [1.807, 2.05) is 0 Å². The maximum absolute atomic E-state index is 12.1. The third-order valence-corrected chi connectivity index (χ3v) is 1.88. The molecule has 0 fully saturated rings. The van der Waals surface area contributed by atoms with Crippen molar-refractivity contribution < 1.29 is 17.9 Å². The van der Waals surface area contributed by atoms with Gasteiger partial charge in [0, 0.05) is 7.05 Å². The van der Waals surface area contributed by atoms with Crippen molar-refractivity contribution in [1.29, 1.82) is 0 Å². The number of nitrogen functional groups attached to an aromatic ring is 1. The van der Waals surface area contributed by atoms with Crippen LogP contribution in [-0.4, -0.2) is 31.9 Å². The standard InChI is InChI=1S/C9H12F3N3O/c1-15(5-9(10,11)12)7-4-3-6(13)8(14-7)16-2/h3-4H,5,13H2,1-2H3. The first-order valence-electron chi connectivity index (χ1n) is 4.42. The van der Waals surface area contributed by atoms with Crippen LogP contribution in [0.5, 0.6) is 5.88 Å². The van der Waals surface area contributed by atoms with Gasteiger partial charge in [-0.15, -0.1) is 0 Å². The minimum atomic E-state index is -4.27. The first-order chi connectivity index (χ1) is 7.33. The molecule has 0 saturated heterocycles. The van der Waals surface area contributed by atoms with Gasteiger partial charge in [0.2, 0.25) is 5.88 Å². The zero-order valence-electron chi connectivity index (χ0n) is 8.88. The van der Waals surface area contributed by atoms with Crippen LogP contribution < -0.4 is 15.4 Å². The molecule has 1 aromatic rings. The number of hydrogen-bond acceptors (Lipinski definition) is 4. The fourth-order valence-electron chi connectivity index (χ4n) is 1.17. The van der Waals surface area contributed by atoms with Gasteiger partial charge >= 0.3 is 6.18 Å². The quantitative estimate of drug-likeness (QED) is 0.865. The number of alkyl halides is 3. The highest BCUT2D eigenvalue weighted by molar-refractivity contribution is 5.54. The number of halogens is 3. The molecule has 0 unspecified atom stereocenters. The summed E-state index contributed by atoms with van der Waals surface area (Å²) in [5.41, 5.74) is 5.78. The number of ether oxygens (including phenoxy) is 1. The Bertz CT molecular complexity index is 368. The van der Waals surface area contributed by atoms with E-state index in [1.54, 1.807) is 0 Å². The first kappa shape index (κ1) is 12.4. The van der Waals surface area contributed by atoms with E-state index in [0.717, 1.165) is 4.90 Å². The summed E-state index contributed by atoms with van der Waals surface area (Å²) in [4.78, 5) is 4.83. The molecule has 0 aromatic carbocycles. The van der Waals surface area contributed by atoms with Gasteiger partial charge in [-0.25, -0.2) is 0 Å². The van der Waals surface area contributed by atoms with Gasteiger partial charge in [-0.3, -0.25) is 0 Å². The van der Waals surface area contributed by atoms with Gasteiger partial charge in [-0.05, 0) is 12.1 Å². The van der Waals surface area contributed by atoms with Crippen molar-refractivity contribution in [2.45, 2.75) is 6.18 Å². The number of pyridine rings is 1. The second-order valence-corrected chi connectivity index (χ2v) is 3.24. The molecule has 16 heavy (non-hydrogen) atoms. The Morgan fingerprint density at radius 3 is 2.56 bits per heavy atom. The van der Waals surface area contributed by atoms with E-state index in [0.29, 0.717) is 0 Å². The normalized spacial score (nSPS) is 11.3. The van der Waals surface area contributed by atoms with E-state index in [2.05, 4.69) is 4.98 Å².